The third kappa shape index (κ3) is 7.14. The van der Waals surface area contributed by atoms with E-state index in [1.807, 2.05) is 13.8 Å². The minimum atomic E-state index is -0.745. The molecule has 0 aliphatic rings. The van der Waals surface area contributed by atoms with Gasteiger partial charge in [0.1, 0.15) is 29.1 Å². The monoisotopic (exact) mass is 446 g/mol. The van der Waals surface area contributed by atoms with Crippen LogP contribution in [0.4, 0.5) is 4.39 Å². The summed E-state index contributed by atoms with van der Waals surface area (Å²) in [5, 5.41) is 2.90. The van der Waals surface area contributed by atoms with Crippen molar-refractivity contribution in [3.63, 3.8) is 0 Å². The molecule has 1 N–H and O–H groups in total. The van der Waals surface area contributed by atoms with Crippen molar-refractivity contribution < 1.29 is 28.2 Å². The molecule has 0 bridgehead atoms. The molecule has 0 aliphatic carbocycles. The van der Waals surface area contributed by atoms with Crippen molar-refractivity contribution in [3.05, 3.63) is 53.8 Å². The number of hydrogen-bond acceptors (Lipinski definition) is 5. The normalized spacial score (nSPS) is 12.4. The lowest BCUT2D eigenvalue weighted by Crippen LogP contribution is -2.50. The molecule has 0 unspecified atom stereocenters. The molecule has 2 aromatic carbocycles. The van der Waals surface area contributed by atoms with Crippen molar-refractivity contribution >= 4 is 11.8 Å². The molecule has 2 rings (SSSR count). The highest BCUT2D eigenvalue weighted by Crippen LogP contribution is 2.27. The lowest BCUT2D eigenvalue weighted by Gasteiger charge is -2.29. The molecular formula is C24H31FN2O5. The number of nitrogens with one attached hydrogen (secondary N) is 1. The fourth-order valence-corrected chi connectivity index (χ4v) is 2.93. The number of carbonyl (C=O) groups is 2. The SMILES string of the molecule is CC[C@H](C)NC(=O)[C@@H](C)N(Cc1ccc(F)cc1)C(=O)COc1cc(OC)cc(OC)c1. The van der Waals surface area contributed by atoms with E-state index in [0.717, 1.165) is 6.42 Å². The Bertz CT molecular complexity index is 882. The van der Waals surface area contributed by atoms with Gasteiger partial charge >= 0.3 is 0 Å². The van der Waals surface area contributed by atoms with E-state index >= 15 is 0 Å². The Morgan fingerprint density at radius 3 is 2.09 bits per heavy atom. The standard InChI is InChI=1S/C24H31FN2O5/c1-6-16(2)26-24(29)17(3)27(14-18-7-9-19(25)10-8-18)23(28)15-32-22-12-20(30-4)11-21(13-22)31-5/h7-13,16-17H,6,14-15H2,1-5H3,(H,26,29)/t16-,17+/m0/s1. The molecule has 7 nitrogen and oxygen atoms in total. The summed E-state index contributed by atoms with van der Waals surface area (Å²) in [6.45, 7) is 5.37. The number of benzene rings is 2. The van der Waals surface area contributed by atoms with Gasteiger partial charge in [0.05, 0.1) is 14.2 Å². The molecule has 174 valence electrons. The van der Waals surface area contributed by atoms with Crippen molar-refractivity contribution in [2.24, 2.45) is 0 Å². The molecule has 2 atom stereocenters. The smallest absolute Gasteiger partial charge is 0.261 e. The molecule has 0 spiro atoms. The van der Waals surface area contributed by atoms with Gasteiger partial charge in [0.15, 0.2) is 6.61 Å². The predicted octanol–water partition coefficient (Wildman–Crippen LogP) is 3.55. The summed E-state index contributed by atoms with van der Waals surface area (Å²) in [6, 6.07) is 10.0. The van der Waals surface area contributed by atoms with E-state index in [-0.39, 0.29) is 36.8 Å². The van der Waals surface area contributed by atoms with Crippen molar-refractivity contribution in [1.29, 1.82) is 0 Å². The largest absolute Gasteiger partial charge is 0.496 e. The van der Waals surface area contributed by atoms with Crippen LogP contribution >= 0.6 is 0 Å². The van der Waals surface area contributed by atoms with E-state index in [2.05, 4.69) is 5.32 Å². The summed E-state index contributed by atoms with van der Waals surface area (Å²) in [5.41, 5.74) is 0.700. The highest BCUT2D eigenvalue weighted by atomic mass is 19.1. The Morgan fingerprint density at radius 2 is 1.56 bits per heavy atom. The lowest BCUT2D eigenvalue weighted by molar-refractivity contribution is -0.142. The fourth-order valence-electron chi connectivity index (χ4n) is 2.93. The van der Waals surface area contributed by atoms with E-state index in [0.29, 0.717) is 22.8 Å². The average molecular weight is 447 g/mol. The van der Waals surface area contributed by atoms with Crippen LogP contribution in [0.1, 0.15) is 32.8 Å². The summed E-state index contributed by atoms with van der Waals surface area (Å²) in [4.78, 5) is 27.2. The van der Waals surface area contributed by atoms with Gasteiger partial charge in [0, 0.05) is 30.8 Å². The van der Waals surface area contributed by atoms with E-state index in [1.165, 1.54) is 31.3 Å². The Hall–Kier alpha value is -3.29. The highest BCUT2D eigenvalue weighted by molar-refractivity contribution is 5.88. The minimum Gasteiger partial charge on any atom is -0.496 e. The van der Waals surface area contributed by atoms with Crippen molar-refractivity contribution in [2.75, 3.05) is 20.8 Å². The molecule has 2 amide bonds. The molecular weight excluding hydrogens is 415 g/mol. The molecule has 0 aromatic heterocycles. The van der Waals surface area contributed by atoms with E-state index < -0.39 is 6.04 Å². The number of rotatable bonds is 11. The Balaban J connectivity index is 2.18. The predicted molar refractivity (Wildman–Crippen MR) is 119 cm³/mol. The zero-order valence-corrected chi connectivity index (χ0v) is 19.2. The maximum absolute atomic E-state index is 13.3. The second kappa shape index (κ2) is 11.9. The Morgan fingerprint density at radius 1 is 1.00 bits per heavy atom. The number of ether oxygens (including phenoxy) is 3. The first-order chi connectivity index (χ1) is 15.3. The van der Waals surface area contributed by atoms with Gasteiger partial charge in [-0.3, -0.25) is 9.59 Å². The van der Waals surface area contributed by atoms with Gasteiger partial charge in [-0.15, -0.1) is 0 Å². The van der Waals surface area contributed by atoms with E-state index in [1.54, 1.807) is 37.3 Å². The second-order valence-electron chi connectivity index (χ2n) is 7.48. The Kier molecular flexibility index (Phi) is 9.31. The molecule has 2 aromatic rings. The van der Waals surface area contributed by atoms with Gasteiger partial charge in [-0.05, 0) is 38.0 Å². The fraction of sp³-hybridized carbons (Fsp3) is 0.417. The van der Waals surface area contributed by atoms with Gasteiger partial charge in [-0.1, -0.05) is 19.1 Å². The lowest BCUT2D eigenvalue weighted by atomic mass is 10.1. The van der Waals surface area contributed by atoms with Crippen LogP contribution in [0.5, 0.6) is 17.2 Å². The first-order valence-electron chi connectivity index (χ1n) is 10.5. The summed E-state index contributed by atoms with van der Waals surface area (Å²) < 4.78 is 29.4. The summed E-state index contributed by atoms with van der Waals surface area (Å²) in [5.74, 6) is 0.422. The summed E-state index contributed by atoms with van der Waals surface area (Å²) >= 11 is 0. The third-order valence-electron chi connectivity index (χ3n) is 5.12. The van der Waals surface area contributed by atoms with Crippen LogP contribution in [0, 0.1) is 5.82 Å². The average Bonchev–Trinajstić information content (AvgIpc) is 2.81. The van der Waals surface area contributed by atoms with Crippen LogP contribution < -0.4 is 19.5 Å². The number of nitrogens with zero attached hydrogens (tertiary/aromatic N) is 1. The molecule has 0 aliphatic heterocycles. The topological polar surface area (TPSA) is 77.1 Å². The van der Waals surface area contributed by atoms with Gasteiger partial charge in [-0.2, -0.15) is 0 Å². The van der Waals surface area contributed by atoms with Gasteiger partial charge < -0.3 is 24.4 Å². The second-order valence-corrected chi connectivity index (χ2v) is 7.48. The maximum Gasteiger partial charge on any atom is 0.261 e. The zero-order valence-electron chi connectivity index (χ0n) is 19.2. The van der Waals surface area contributed by atoms with Crippen LogP contribution in [0.2, 0.25) is 0 Å². The molecule has 0 saturated carbocycles. The van der Waals surface area contributed by atoms with E-state index in [4.69, 9.17) is 14.2 Å². The van der Waals surface area contributed by atoms with Crippen LogP contribution in [0.3, 0.4) is 0 Å². The molecule has 0 heterocycles. The molecule has 0 radical (unpaired) electrons. The molecule has 0 fully saturated rings. The van der Waals surface area contributed by atoms with Crippen LogP contribution in [0.15, 0.2) is 42.5 Å². The Labute approximate surface area is 188 Å². The van der Waals surface area contributed by atoms with Crippen LogP contribution in [0.25, 0.3) is 0 Å². The van der Waals surface area contributed by atoms with Crippen LogP contribution in [-0.2, 0) is 16.1 Å². The quantitative estimate of drug-likeness (QED) is 0.571. The number of halogens is 1. The number of methoxy groups -OCH3 is 2. The van der Waals surface area contributed by atoms with E-state index in [9.17, 15) is 14.0 Å². The van der Waals surface area contributed by atoms with Gasteiger partial charge in [0.2, 0.25) is 5.91 Å². The summed E-state index contributed by atoms with van der Waals surface area (Å²) in [7, 11) is 3.04. The minimum absolute atomic E-state index is 0.0202. The zero-order chi connectivity index (χ0) is 23.7. The number of hydrogen-bond donors (Lipinski definition) is 1. The number of carbonyl (C=O) groups excluding carboxylic acids is 2. The van der Waals surface area contributed by atoms with Crippen molar-refractivity contribution in [2.45, 2.75) is 45.8 Å². The highest BCUT2D eigenvalue weighted by Gasteiger charge is 2.27. The third-order valence-corrected chi connectivity index (χ3v) is 5.12. The summed E-state index contributed by atoms with van der Waals surface area (Å²) in [6.07, 6.45) is 0.769. The van der Waals surface area contributed by atoms with Gasteiger partial charge in [0.25, 0.3) is 5.91 Å². The van der Waals surface area contributed by atoms with Crippen molar-refractivity contribution in [3.8, 4) is 17.2 Å². The molecule has 8 heteroatoms. The van der Waals surface area contributed by atoms with Crippen LogP contribution in [-0.4, -0.2) is 49.6 Å². The maximum atomic E-state index is 13.3. The van der Waals surface area contributed by atoms with Crippen molar-refractivity contribution in [1.82, 2.24) is 10.2 Å². The molecule has 0 saturated heterocycles. The number of amides is 2. The van der Waals surface area contributed by atoms with Gasteiger partial charge in [-0.25, -0.2) is 4.39 Å². The first-order valence-corrected chi connectivity index (χ1v) is 10.5. The first kappa shape index (κ1) is 25.0. The molecule has 32 heavy (non-hydrogen) atoms.